The molecule has 0 fully saturated rings. The summed E-state index contributed by atoms with van der Waals surface area (Å²) in [5.41, 5.74) is 1.86. The Bertz CT molecular complexity index is 523. The molecule has 5 heteroatoms. The first-order valence-electron chi connectivity index (χ1n) is 6.66. The monoisotopic (exact) mass is 341 g/mol. The van der Waals surface area contributed by atoms with Gasteiger partial charge in [-0.1, -0.05) is 0 Å². The van der Waals surface area contributed by atoms with Crippen LogP contribution in [-0.4, -0.2) is 18.8 Å². The maximum absolute atomic E-state index is 11.9. The number of nitrogens with one attached hydrogen (secondary N) is 1. The minimum absolute atomic E-state index is 0.0122. The molecule has 1 aliphatic rings. The molecule has 0 aliphatic heterocycles. The molecule has 110 valence electrons. The van der Waals surface area contributed by atoms with E-state index < -0.39 is 5.60 Å². The lowest BCUT2D eigenvalue weighted by atomic mass is 10.1. The lowest BCUT2D eigenvalue weighted by molar-refractivity contribution is 0.0503. The Morgan fingerprint density at radius 1 is 1.40 bits per heavy atom. The molecule has 1 unspecified atom stereocenters. The van der Waals surface area contributed by atoms with Crippen molar-refractivity contribution in [2.45, 2.75) is 45.3 Å². The zero-order valence-electron chi connectivity index (χ0n) is 12.2. The second-order valence-corrected chi connectivity index (χ2v) is 6.78. The second-order valence-electron chi connectivity index (χ2n) is 5.92. The average Bonchev–Trinajstić information content (AvgIpc) is 2.68. The van der Waals surface area contributed by atoms with Crippen LogP contribution in [0.2, 0.25) is 0 Å². The van der Waals surface area contributed by atoms with Crippen molar-refractivity contribution in [3.05, 3.63) is 27.7 Å². The number of carbonyl (C=O) groups excluding carboxylic acids is 1. The van der Waals surface area contributed by atoms with Crippen molar-refractivity contribution < 1.29 is 14.3 Å². The Hall–Kier alpha value is -1.23. The summed E-state index contributed by atoms with van der Waals surface area (Å²) in [4.78, 5) is 11.9. The molecule has 1 aromatic carbocycles. The van der Waals surface area contributed by atoms with Crippen molar-refractivity contribution >= 4 is 22.0 Å². The number of fused-ring (bicyclic) bond motifs is 1. The summed E-state index contributed by atoms with van der Waals surface area (Å²) < 4.78 is 11.6. The SMILES string of the molecule is COc1cc2c(cc1Br)CCC2NC(=O)OC(C)(C)C. The highest BCUT2D eigenvalue weighted by Crippen LogP contribution is 2.38. The van der Waals surface area contributed by atoms with Gasteiger partial charge >= 0.3 is 6.09 Å². The Labute approximate surface area is 128 Å². The zero-order chi connectivity index (χ0) is 14.9. The molecule has 1 amide bonds. The van der Waals surface area contributed by atoms with Gasteiger partial charge in [-0.2, -0.15) is 0 Å². The van der Waals surface area contributed by atoms with Gasteiger partial charge in [0.05, 0.1) is 17.6 Å². The molecule has 20 heavy (non-hydrogen) atoms. The number of halogens is 1. The molecule has 0 spiro atoms. The van der Waals surface area contributed by atoms with Crippen molar-refractivity contribution in [2.75, 3.05) is 7.11 Å². The lowest BCUT2D eigenvalue weighted by Gasteiger charge is -2.22. The van der Waals surface area contributed by atoms with Crippen LogP contribution in [0.1, 0.15) is 44.4 Å². The number of hydrogen-bond acceptors (Lipinski definition) is 3. The normalized spacial score (nSPS) is 17.6. The van der Waals surface area contributed by atoms with Gasteiger partial charge in [0.2, 0.25) is 0 Å². The Morgan fingerprint density at radius 2 is 2.10 bits per heavy atom. The number of rotatable bonds is 2. The number of benzene rings is 1. The van der Waals surface area contributed by atoms with Crippen LogP contribution in [0.5, 0.6) is 5.75 Å². The van der Waals surface area contributed by atoms with E-state index in [1.54, 1.807) is 7.11 Å². The Morgan fingerprint density at radius 3 is 2.70 bits per heavy atom. The fourth-order valence-electron chi connectivity index (χ4n) is 2.36. The molecule has 1 N–H and O–H groups in total. The quantitative estimate of drug-likeness (QED) is 0.885. The Kier molecular flexibility index (Phi) is 4.28. The summed E-state index contributed by atoms with van der Waals surface area (Å²) in [6.07, 6.45) is 1.45. The van der Waals surface area contributed by atoms with Crippen LogP contribution in [-0.2, 0) is 11.2 Å². The van der Waals surface area contributed by atoms with Crippen molar-refractivity contribution in [1.82, 2.24) is 5.32 Å². The summed E-state index contributed by atoms with van der Waals surface area (Å²) in [6.45, 7) is 5.57. The molecule has 1 atom stereocenters. The predicted octanol–water partition coefficient (Wildman–Crippen LogP) is 3.97. The minimum atomic E-state index is -0.483. The fourth-order valence-corrected chi connectivity index (χ4v) is 2.92. The number of methoxy groups -OCH3 is 1. The van der Waals surface area contributed by atoms with Crippen molar-refractivity contribution in [3.8, 4) is 5.75 Å². The Balaban J connectivity index is 2.13. The topological polar surface area (TPSA) is 47.6 Å². The first-order chi connectivity index (χ1) is 9.30. The van der Waals surface area contributed by atoms with E-state index in [9.17, 15) is 4.79 Å². The first-order valence-corrected chi connectivity index (χ1v) is 7.45. The second kappa shape index (κ2) is 5.64. The smallest absolute Gasteiger partial charge is 0.408 e. The molecular formula is C15H20BrNO3. The molecule has 0 radical (unpaired) electrons. The van der Waals surface area contributed by atoms with E-state index >= 15 is 0 Å². The van der Waals surface area contributed by atoms with Gasteiger partial charge in [0.15, 0.2) is 0 Å². The minimum Gasteiger partial charge on any atom is -0.496 e. The third kappa shape index (κ3) is 3.45. The van der Waals surface area contributed by atoms with E-state index in [-0.39, 0.29) is 12.1 Å². The molecule has 1 aromatic rings. The molecule has 0 aromatic heterocycles. The standard InChI is InChI=1S/C15H20BrNO3/c1-15(2,3)20-14(18)17-12-6-5-9-7-11(16)13(19-4)8-10(9)12/h7-8,12H,5-6H2,1-4H3,(H,17,18). The van der Waals surface area contributed by atoms with E-state index in [2.05, 4.69) is 27.3 Å². The van der Waals surface area contributed by atoms with Crippen LogP contribution in [0, 0.1) is 0 Å². The number of alkyl carbamates (subject to hydrolysis) is 1. The van der Waals surface area contributed by atoms with Crippen LogP contribution >= 0.6 is 15.9 Å². The zero-order valence-corrected chi connectivity index (χ0v) is 13.8. The molecule has 0 bridgehead atoms. The number of carbonyl (C=O) groups is 1. The molecular weight excluding hydrogens is 322 g/mol. The number of amides is 1. The van der Waals surface area contributed by atoms with Gasteiger partial charge in [-0.25, -0.2) is 4.79 Å². The molecule has 0 saturated heterocycles. The molecule has 1 aliphatic carbocycles. The molecule has 0 saturated carbocycles. The number of ether oxygens (including phenoxy) is 2. The maximum Gasteiger partial charge on any atom is 0.408 e. The summed E-state index contributed by atoms with van der Waals surface area (Å²) in [5.74, 6) is 0.779. The van der Waals surface area contributed by atoms with Crippen molar-refractivity contribution in [1.29, 1.82) is 0 Å². The van der Waals surface area contributed by atoms with Gasteiger partial charge in [-0.05, 0) is 72.8 Å². The highest BCUT2D eigenvalue weighted by Gasteiger charge is 2.27. The van der Waals surface area contributed by atoms with Gasteiger partial charge in [-0.3, -0.25) is 0 Å². The van der Waals surface area contributed by atoms with Gasteiger partial charge in [0.1, 0.15) is 11.4 Å². The van der Waals surface area contributed by atoms with Gasteiger partial charge in [0, 0.05) is 0 Å². The highest BCUT2D eigenvalue weighted by atomic mass is 79.9. The summed E-state index contributed by atoms with van der Waals surface area (Å²) in [7, 11) is 1.64. The largest absolute Gasteiger partial charge is 0.496 e. The third-order valence-corrected chi connectivity index (χ3v) is 3.80. The molecule has 2 rings (SSSR count). The maximum atomic E-state index is 11.9. The van der Waals surface area contributed by atoms with Gasteiger partial charge in [-0.15, -0.1) is 0 Å². The number of aryl methyl sites for hydroxylation is 1. The molecule has 0 heterocycles. The van der Waals surface area contributed by atoms with Gasteiger partial charge in [0.25, 0.3) is 0 Å². The third-order valence-electron chi connectivity index (χ3n) is 3.18. The van der Waals surface area contributed by atoms with Crippen molar-refractivity contribution in [3.63, 3.8) is 0 Å². The van der Waals surface area contributed by atoms with E-state index in [1.165, 1.54) is 5.56 Å². The number of hydrogen-bond donors (Lipinski definition) is 1. The van der Waals surface area contributed by atoms with E-state index in [4.69, 9.17) is 9.47 Å². The van der Waals surface area contributed by atoms with E-state index in [1.807, 2.05) is 26.8 Å². The van der Waals surface area contributed by atoms with Crippen molar-refractivity contribution in [2.24, 2.45) is 0 Å². The molecule has 4 nitrogen and oxygen atoms in total. The average molecular weight is 342 g/mol. The van der Waals surface area contributed by atoms with Crippen LogP contribution < -0.4 is 10.1 Å². The van der Waals surface area contributed by atoms with E-state index in [0.29, 0.717) is 0 Å². The highest BCUT2D eigenvalue weighted by molar-refractivity contribution is 9.10. The summed E-state index contributed by atoms with van der Waals surface area (Å²) in [6, 6.07) is 4.03. The summed E-state index contributed by atoms with van der Waals surface area (Å²) in [5, 5.41) is 2.93. The van der Waals surface area contributed by atoms with Gasteiger partial charge < -0.3 is 14.8 Å². The first kappa shape index (κ1) is 15.2. The van der Waals surface area contributed by atoms with Crippen LogP contribution in [0.4, 0.5) is 4.79 Å². The predicted molar refractivity (Wildman–Crippen MR) is 81.1 cm³/mol. The lowest BCUT2D eigenvalue weighted by Crippen LogP contribution is -2.34. The van der Waals surface area contributed by atoms with Crippen LogP contribution in [0.25, 0.3) is 0 Å². The van der Waals surface area contributed by atoms with E-state index in [0.717, 1.165) is 28.6 Å². The van der Waals surface area contributed by atoms with Crippen LogP contribution in [0.3, 0.4) is 0 Å². The van der Waals surface area contributed by atoms with Crippen LogP contribution in [0.15, 0.2) is 16.6 Å². The fraction of sp³-hybridized carbons (Fsp3) is 0.533. The summed E-state index contributed by atoms with van der Waals surface area (Å²) >= 11 is 3.48.